The van der Waals surface area contributed by atoms with Crippen molar-refractivity contribution in [1.82, 2.24) is 9.55 Å². The first-order valence-corrected chi connectivity index (χ1v) is 15.5. The summed E-state index contributed by atoms with van der Waals surface area (Å²) in [5.74, 6) is 0. The Labute approximate surface area is 150 Å². The van der Waals surface area contributed by atoms with Crippen LogP contribution in [0.15, 0.2) is 11.0 Å². The van der Waals surface area contributed by atoms with Gasteiger partial charge in [0, 0.05) is 11.8 Å². The normalized spacial score (nSPS) is 28.6. The molecule has 0 saturated carbocycles. The number of fused-ring (bicyclic) bond motifs is 3. The smallest absolute Gasteiger partial charge is 0.302 e. The van der Waals surface area contributed by atoms with Crippen molar-refractivity contribution in [2.75, 3.05) is 6.61 Å². The van der Waals surface area contributed by atoms with Crippen molar-refractivity contribution in [3.63, 3.8) is 0 Å². The van der Waals surface area contributed by atoms with Gasteiger partial charge in [-0.25, -0.2) is 0 Å². The maximum Gasteiger partial charge on any atom is 0.302 e. The largest absolute Gasteiger partial charge is 0.454 e. The Kier molecular flexibility index (Phi) is 4.74. The first-order valence-electron chi connectivity index (χ1n) is 8.68. The lowest BCUT2D eigenvalue weighted by molar-refractivity contribution is -0.0368. The standard InChI is InChI=1S/C16H28N2O5Si2/c1-10-8-18-15-13(22-16(18)17-14(10)19)12(23-25(5,6)7)11(21-15)9-20-24(2,3)4/h8,11-13,15H,9H2,1-7H3. The number of aromatic nitrogens is 2. The summed E-state index contributed by atoms with van der Waals surface area (Å²) in [6, 6.07) is 0.305. The molecule has 140 valence electrons. The summed E-state index contributed by atoms with van der Waals surface area (Å²) < 4.78 is 26.5. The molecular weight excluding hydrogens is 356 g/mol. The van der Waals surface area contributed by atoms with Crippen molar-refractivity contribution in [3.8, 4) is 6.01 Å². The third-order valence-corrected chi connectivity index (χ3v) is 6.07. The Bertz CT molecular complexity index is 710. The van der Waals surface area contributed by atoms with Crippen LogP contribution in [0.25, 0.3) is 0 Å². The molecule has 3 heterocycles. The molecule has 0 spiro atoms. The molecule has 9 heteroatoms. The minimum Gasteiger partial charge on any atom is -0.454 e. The van der Waals surface area contributed by atoms with Crippen molar-refractivity contribution >= 4 is 16.6 Å². The minimum absolute atomic E-state index is 0.193. The minimum atomic E-state index is -1.82. The van der Waals surface area contributed by atoms with Gasteiger partial charge in [-0.2, -0.15) is 4.98 Å². The van der Waals surface area contributed by atoms with E-state index >= 15 is 0 Å². The number of hydrogen-bond acceptors (Lipinski definition) is 6. The van der Waals surface area contributed by atoms with Crippen LogP contribution in [0, 0.1) is 6.92 Å². The lowest BCUT2D eigenvalue weighted by Gasteiger charge is -2.30. The molecular formula is C16H28N2O5Si2. The van der Waals surface area contributed by atoms with E-state index in [1.165, 1.54) is 0 Å². The summed E-state index contributed by atoms with van der Waals surface area (Å²) >= 11 is 0. The highest BCUT2D eigenvalue weighted by Crippen LogP contribution is 2.41. The van der Waals surface area contributed by atoms with E-state index in [1.54, 1.807) is 17.7 Å². The van der Waals surface area contributed by atoms with Crippen LogP contribution in [0.4, 0.5) is 0 Å². The first kappa shape index (κ1) is 18.8. The van der Waals surface area contributed by atoms with E-state index in [0.29, 0.717) is 18.2 Å². The molecule has 25 heavy (non-hydrogen) atoms. The molecule has 0 bridgehead atoms. The highest BCUT2D eigenvalue weighted by atomic mass is 28.4. The number of aryl methyl sites for hydroxylation is 1. The second kappa shape index (κ2) is 6.31. The Balaban J connectivity index is 1.87. The van der Waals surface area contributed by atoms with E-state index in [0.717, 1.165) is 0 Å². The van der Waals surface area contributed by atoms with Crippen LogP contribution in [-0.2, 0) is 13.6 Å². The Morgan fingerprint density at radius 2 is 1.88 bits per heavy atom. The highest BCUT2D eigenvalue weighted by Gasteiger charge is 2.53. The first-order chi connectivity index (χ1) is 11.4. The molecule has 1 saturated heterocycles. The van der Waals surface area contributed by atoms with Crippen LogP contribution >= 0.6 is 0 Å². The molecule has 0 N–H and O–H groups in total. The SMILES string of the molecule is Cc1cn2c(nc1=O)OC1C(O[Si](C)(C)C)C(CO[Si](C)(C)C)OC12. The zero-order chi connectivity index (χ0) is 18.6. The van der Waals surface area contributed by atoms with Gasteiger partial charge in [-0.15, -0.1) is 0 Å². The van der Waals surface area contributed by atoms with Gasteiger partial charge in [-0.1, -0.05) is 0 Å². The fraction of sp³-hybridized carbons (Fsp3) is 0.750. The lowest BCUT2D eigenvalue weighted by atomic mass is 10.1. The molecule has 0 aromatic carbocycles. The van der Waals surface area contributed by atoms with Crippen molar-refractivity contribution in [1.29, 1.82) is 0 Å². The summed E-state index contributed by atoms with van der Waals surface area (Å²) in [6.45, 7) is 15.1. The molecule has 7 nitrogen and oxygen atoms in total. The van der Waals surface area contributed by atoms with Crippen LogP contribution in [-0.4, -0.2) is 51.1 Å². The number of hydrogen-bond donors (Lipinski definition) is 0. The second-order valence-corrected chi connectivity index (χ2v) is 17.7. The van der Waals surface area contributed by atoms with Gasteiger partial charge in [0.15, 0.2) is 29.0 Å². The van der Waals surface area contributed by atoms with Gasteiger partial charge < -0.3 is 18.3 Å². The topological polar surface area (TPSA) is 71.8 Å². The molecule has 0 amide bonds. The monoisotopic (exact) mass is 384 g/mol. The van der Waals surface area contributed by atoms with Gasteiger partial charge in [-0.05, 0) is 46.2 Å². The molecule has 4 atom stereocenters. The molecule has 2 aliphatic rings. The second-order valence-electron chi connectivity index (χ2n) is 8.68. The quantitative estimate of drug-likeness (QED) is 0.725. The predicted octanol–water partition coefficient (Wildman–Crippen LogP) is 2.28. The molecule has 4 unspecified atom stereocenters. The van der Waals surface area contributed by atoms with Gasteiger partial charge in [0.05, 0.1) is 6.61 Å². The van der Waals surface area contributed by atoms with E-state index in [-0.39, 0.29) is 30.1 Å². The van der Waals surface area contributed by atoms with Crippen molar-refractivity contribution in [2.45, 2.75) is 70.7 Å². The zero-order valence-corrected chi connectivity index (χ0v) is 18.0. The van der Waals surface area contributed by atoms with Crippen molar-refractivity contribution in [2.24, 2.45) is 0 Å². The Morgan fingerprint density at radius 1 is 1.20 bits per heavy atom. The van der Waals surface area contributed by atoms with E-state index < -0.39 is 16.6 Å². The van der Waals surface area contributed by atoms with Crippen LogP contribution in [0.3, 0.4) is 0 Å². The predicted molar refractivity (Wildman–Crippen MR) is 99.1 cm³/mol. The van der Waals surface area contributed by atoms with E-state index in [9.17, 15) is 4.79 Å². The Morgan fingerprint density at radius 3 is 2.48 bits per heavy atom. The van der Waals surface area contributed by atoms with Gasteiger partial charge >= 0.3 is 6.01 Å². The summed E-state index contributed by atoms with van der Waals surface area (Å²) in [4.78, 5) is 15.8. The van der Waals surface area contributed by atoms with Gasteiger partial charge in [0.2, 0.25) is 0 Å². The fourth-order valence-corrected chi connectivity index (χ4v) is 4.78. The van der Waals surface area contributed by atoms with Crippen LogP contribution in [0.1, 0.15) is 11.8 Å². The van der Waals surface area contributed by atoms with Gasteiger partial charge in [-0.3, -0.25) is 9.36 Å². The molecule has 1 aromatic rings. The fourth-order valence-electron chi connectivity index (χ4n) is 3.02. The summed E-state index contributed by atoms with van der Waals surface area (Å²) in [5.41, 5.74) is 0.300. The zero-order valence-electron chi connectivity index (χ0n) is 16.0. The highest BCUT2D eigenvalue weighted by molar-refractivity contribution is 6.70. The van der Waals surface area contributed by atoms with E-state index in [2.05, 4.69) is 44.3 Å². The van der Waals surface area contributed by atoms with Crippen molar-refractivity contribution < 1.29 is 18.3 Å². The molecule has 0 aliphatic carbocycles. The Hall–Kier alpha value is -1.01. The molecule has 0 radical (unpaired) electrons. The third-order valence-electron chi connectivity index (χ3n) is 4.06. The lowest BCUT2D eigenvalue weighted by Crippen LogP contribution is -2.46. The van der Waals surface area contributed by atoms with E-state index in [4.69, 9.17) is 18.3 Å². The number of nitrogens with zero attached hydrogens (tertiary/aromatic N) is 2. The van der Waals surface area contributed by atoms with Crippen LogP contribution < -0.4 is 10.3 Å². The van der Waals surface area contributed by atoms with E-state index in [1.807, 2.05) is 0 Å². The average Bonchev–Trinajstić information content (AvgIpc) is 2.93. The molecule has 3 rings (SSSR count). The van der Waals surface area contributed by atoms with Crippen LogP contribution in [0.2, 0.25) is 39.3 Å². The third kappa shape index (κ3) is 4.05. The number of rotatable bonds is 5. The molecule has 2 aliphatic heterocycles. The van der Waals surface area contributed by atoms with Crippen molar-refractivity contribution in [3.05, 3.63) is 22.1 Å². The summed E-state index contributed by atoms with van der Waals surface area (Å²) in [6.07, 6.45) is 0.684. The summed E-state index contributed by atoms with van der Waals surface area (Å²) in [5, 5.41) is 0. The molecule has 1 fully saturated rings. The van der Waals surface area contributed by atoms with Gasteiger partial charge in [0.1, 0.15) is 12.2 Å². The maximum atomic E-state index is 11.8. The molecule has 1 aromatic heterocycles. The average molecular weight is 385 g/mol. The maximum absolute atomic E-state index is 11.8. The number of ether oxygens (including phenoxy) is 2. The summed E-state index contributed by atoms with van der Waals surface area (Å²) in [7, 11) is -3.48. The van der Waals surface area contributed by atoms with Crippen LogP contribution in [0.5, 0.6) is 6.01 Å². The van der Waals surface area contributed by atoms with Gasteiger partial charge in [0.25, 0.3) is 5.56 Å².